The van der Waals surface area contributed by atoms with Gasteiger partial charge in [0, 0.05) is 17.0 Å². The van der Waals surface area contributed by atoms with E-state index in [1.807, 2.05) is 48.5 Å². The molecular weight excluding hydrogens is 418 g/mol. The van der Waals surface area contributed by atoms with Crippen LogP contribution in [-0.4, -0.2) is 53.5 Å². The van der Waals surface area contributed by atoms with Crippen molar-refractivity contribution in [1.29, 1.82) is 0 Å². The monoisotopic (exact) mass is 447 g/mol. The summed E-state index contributed by atoms with van der Waals surface area (Å²) in [5.41, 5.74) is 1.67. The van der Waals surface area contributed by atoms with Gasteiger partial charge in [-0.1, -0.05) is 57.2 Å². The first-order chi connectivity index (χ1) is 15.9. The van der Waals surface area contributed by atoms with Crippen LogP contribution < -0.4 is 16.0 Å². The van der Waals surface area contributed by atoms with Gasteiger partial charge in [0.15, 0.2) is 0 Å². The summed E-state index contributed by atoms with van der Waals surface area (Å²) < 4.78 is 12.0. The third-order valence-corrected chi connectivity index (χ3v) is 6.15. The summed E-state index contributed by atoms with van der Waals surface area (Å²) in [6.07, 6.45) is 1.35. The number of ether oxygens (including phenoxy) is 2. The van der Waals surface area contributed by atoms with Crippen LogP contribution in [0.3, 0.4) is 0 Å². The number of urea groups is 1. The first-order valence-corrected chi connectivity index (χ1v) is 11.3. The first kappa shape index (κ1) is 21.6. The van der Waals surface area contributed by atoms with Gasteiger partial charge in [-0.25, -0.2) is 14.8 Å². The maximum Gasteiger partial charge on any atom is 0.319 e. The van der Waals surface area contributed by atoms with E-state index in [9.17, 15) is 4.79 Å². The average Bonchev–Trinajstić information content (AvgIpc) is 3.37. The molecule has 0 bridgehead atoms. The topological polar surface area (TPSA) is 97.4 Å². The van der Waals surface area contributed by atoms with Crippen molar-refractivity contribution in [2.45, 2.75) is 50.5 Å². The van der Waals surface area contributed by atoms with Gasteiger partial charge < -0.3 is 25.4 Å². The van der Waals surface area contributed by atoms with Crippen molar-refractivity contribution in [3.63, 3.8) is 0 Å². The van der Waals surface area contributed by atoms with Gasteiger partial charge in [0.05, 0.1) is 36.7 Å². The van der Waals surface area contributed by atoms with Crippen molar-refractivity contribution in [3.8, 4) is 0 Å². The Morgan fingerprint density at radius 2 is 1.70 bits per heavy atom. The van der Waals surface area contributed by atoms with Crippen molar-refractivity contribution >= 4 is 28.4 Å². The van der Waals surface area contributed by atoms with E-state index in [4.69, 9.17) is 9.47 Å². The van der Waals surface area contributed by atoms with E-state index in [-0.39, 0.29) is 35.7 Å². The SMILES string of the molecule is CC(C)(C)c1ccnc(N[C@@H]2CO[C@@H]3[C@@H]2OC[C@@H]3NC(=O)Nc2cccc3ccccc23)n1. The Morgan fingerprint density at radius 3 is 2.52 bits per heavy atom. The third kappa shape index (κ3) is 4.49. The summed E-state index contributed by atoms with van der Waals surface area (Å²) in [5, 5.41) is 11.4. The van der Waals surface area contributed by atoms with E-state index < -0.39 is 0 Å². The standard InChI is InChI=1S/C25H29N5O3/c1-25(2,3)20-11-12-26-23(30-20)27-18-13-32-22-19(14-33-21(18)22)29-24(31)28-17-10-6-8-15-7-4-5-9-16(15)17/h4-12,18-19,21-22H,13-14H2,1-3H3,(H,26,27,30)(H2,28,29,31)/t18-,19+,21-,22+/m1/s1. The molecule has 8 nitrogen and oxygen atoms in total. The minimum absolute atomic E-state index is 0.0651. The molecule has 2 aliphatic heterocycles. The molecule has 2 amide bonds. The van der Waals surface area contributed by atoms with Gasteiger partial charge in [0.25, 0.3) is 0 Å². The number of hydrogen-bond acceptors (Lipinski definition) is 6. The first-order valence-electron chi connectivity index (χ1n) is 11.3. The Morgan fingerprint density at radius 1 is 0.970 bits per heavy atom. The fourth-order valence-corrected chi connectivity index (χ4v) is 4.42. The smallest absolute Gasteiger partial charge is 0.319 e. The molecule has 172 valence electrons. The molecule has 2 aromatic carbocycles. The molecule has 0 aliphatic carbocycles. The fraction of sp³-hybridized carbons (Fsp3) is 0.400. The lowest BCUT2D eigenvalue weighted by molar-refractivity contribution is 0.0683. The largest absolute Gasteiger partial charge is 0.371 e. The zero-order valence-corrected chi connectivity index (χ0v) is 19.0. The Labute approximate surface area is 193 Å². The highest BCUT2D eigenvalue weighted by Gasteiger charge is 2.48. The summed E-state index contributed by atoms with van der Waals surface area (Å²) in [6, 6.07) is 15.1. The highest BCUT2D eigenvalue weighted by atomic mass is 16.6. The minimum atomic E-state index is -0.276. The second-order valence-electron chi connectivity index (χ2n) is 9.59. The number of nitrogens with one attached hydrogen (secondary N) is 3. The third-order valence-electron chi connectivity index (χ3n) is 6.15. The molecule has 33 heavy (non-hydrogen) atoms. The van der Waals surface area contributed by atoms with Gasteiger partial charge >= 0.3 is 6.03 Å². The molecule has 3 heterocycles. The van der Waals surface area contributed by atoms with Crippen LogP contribution >= 0.6 is 0 Å². The van der Waals surface area contributed by atoms with Crippen LogP contribution in [0.1, 0.15) is 26.5 Å². The number of rotatable bonds is 4. The van der Waals surface area contributed by atoms with Crippen molar-refractivity contribution in [1.82, 2.24) is 15.3 Å². The fourth-order valence-electron chi connectivity index (χ4n) is 4.42. The van der Waals surface area contributed by atoms with Crippen molar-refractivity contribution in [3.05, 3.63) is 60.4 Å². The second kappa shape index (κ2) is 8.61. The molecule has 3 N–H and O–H groups in total. The van der Waals surface area contributed by atoms with E-state index in [1.165, 1.54) is 0 Å². The number of anilines is 2. The number of carbonyl (C=O) groups excluding carboxylic acids is 1. The maximum atomic E-state index is 12.7. The summed E-state index contributed by atoms with van der Waals surface area (Å²) in [5.74, 6) is 0.561. The number of hydrogen-bond donors (Lipinski definition) is 3. The van der Waals surface area contributed by atoms with Gasteiger partial charge in [-0.3, -0.25) is 0 Å². The van der Waals surface area contributed by atoms with Crippen molar-refractivity contribution in [2.75, 3.05) is 23.8 Å². The number of fused-ring (bicyclic) bond motifs is 2. The molecule has 3 aromatic rings. The number of carbonyl (C=O) groups is 1. The van der Waals surface area contributed by atoms with E-state index in [2.05, 4.69) is 46.7 Å². The number of nitrogens with zero attached hydrogens (tertiary/aromatic N) is 2. The lowest BCUT2D eigenvalue weighted by Crippen LogP contribution is -2.46. The predicted molar refractivity (Wildman–Crippen MR) is 128 cm³/mol. The second-order valence-corrected chi connectivity index (χ2v) is 9.59. The normalized spacial score (nSPS) is 24.5. The Bertz CT molecular complexity index is 1160. The van der Waals surface area contributed by atoms with Crippen LogP contribution in [0.2, 0.25) is 0 Å². The Kier molecular flexibility index (Phi) is 5.64. The molecule has 4 atom stereocenters. The van der Waals surface area contributed by atoms with Crippen LogP contribution in [0.5, 0.6) is 0 Å². The van der Waals surface area contributed by atoms with Crippen LogP contribution in [0.25, 0.3) is 10.8 Å². The summed E-state index contributed by atoms with van der Waals surface area (Å²) in [4.78, 5) is 21.7. The van der Waals surface area contributed by atoms with Crippen LogP contribution in [0.4, 0.5) is 16.4 Å². The number of benzene rings is 2. The zero-order chi connectivity index (χ0) is 23.0. The number of aromatic nitrogens is 2. The predicted octanol–water partition coefficient (Wildman–Crippen LogP) is 3.70. The van der Waals surface area contributed by atoms with Gasteiger partial charge in [-0.05, 0) is 17.5 Å². The van der Waals surface area contributed by atoms with E-state index in [0.29, 0.717) is 19.2 Å². The van der Waals surface area contributed by atoms with Crippen LogP contribution in [0, 0.1) is 0 Å². The quantitative estimate of drug-likeness (QED) is 0.564. The highest BCUT2D eigenvalue weighted by Crippen LogP contribution is 2.29. The van der Waals surface area contributed by atoms with Gasteiger partial charge in [-0.15, -0.1) is 0 Å². The molecule has 1 aromatic heterocycles. The molecule has 0 radical (unpaired) electrons. The van der Waals surface area contributed by atoms with Gasteiger partial charge in [-0.2, -0.15) is 0 Å². The van der Waals surface area contributed by atoms with Gasteiger partial charge in [0.2, 0.25) is 5.95 Å². The van der Waals surface area contributed by atoms with Crippen molar-refractivity contribution < 1.29 is 14.3 Å². The Balaban J connectivity index is 1.21. The minimum Gasteiger partial charge on any atom is -0.371 e. The highest BCUT2D eigenvalue weighted by molar-refractivity contribution is 6.01. The number of amides is 2. The zero-order valence-electron chi connectivity index (χ0n) is 19.0. The molecule has 0 spiro atoms. The summed E-state index contributed by atoms with van der Waals surface area (Å²) >= 11 is 0. The van der Waals surface area contributed by atoms with E-state index >= 15 is 0 Å². The van der Waals surface area contributed by atoms with E-state index in [1.54, 1.807) is 6.20 Å². The van der Waals surface area contributed by atoms with Crippen molar-refractivity contribution in [2.24, 2.45) is 0 Å². The van der Waals surface area contributed by atoms with E-state index in [0.717, 1.165) is 22.2 Å². The maximum absolute atomic E-state index is 12.7. The lowest BCUT2D eigenvalue weighted by atomic mass is 9.92. The van der Waals surface area contributed by atoms with Crippen LogP contribution in [0.15, 0.2) is 54.7 Å². The lowest BCUT2D eigenvalue weighted by Gasteiger charge is -2.21. The molecule has 2 aliphatic rings. The molecular formula is C25H29N5O3. The molecule has 2 fully saturated rings. The summed E-state index contributed by atoms with van der Waals surface area (Å²) in [7, 11) is 0. The molecule has 5 rings (SSSR count). The van der Waals surface area contributed by atoms with Crippen LogP contribution in [-0.2, 0) is 14.9 Å². The summed E-state index contributed by atoms with van der Waals surface area (Å²) in [6.45, 7) is 7.20. The molecule has 8 heteroatoms. The average molecular weight is 448 g/mol. The molecule has 2 saturated heterocycles. The molecule has 0 unspecified atom stereocenters. The van der Waals surface area contributed by atoms with Gasteiger partial charge in [0.1, 0.15) is 12.2 Å². The molecule has 0 saturated carbocycles. The Hall–Kier alpha value is -3.23.